The summed E-state index contributed by atoms with van der Waals surface area (Å²) < 4.78 is 0. The van der Waals surface area contributed by atoms with E-state index in [1.807, 2.05) is 30.3 Å². The molecule has 0 spiro atoms. The second kappa shape index (κ2) is 5.37. The van der Waals surface area contributed by atoms with E-state index in [0.29, 0.717) is 5.75 Å². The normalized spacial score (nSPS) is 17.6. The summed E-state index contributed by atoms with van der Waals surface area (Å²) >= 11 is 6.00. The lowest BCUT2D eigenvalue weighted by molar-refractivity contribution is 0.471. The molecule has 0 heterocycles. The van der Waals surface area contributed by atoms with Gasteiger partial charge in [-0.1, -0.05) is 17.7 Å². The van der Waals surface area contributed by atoms with Crippen molar-refractivity contribution < 1.29 is 5.11 Å². The molecule has 3 rings (SSSR count). The molecular weight excluding hydrogens is 270 g/mol. The molecule has 2 N–H and O–H groups in total. The van der Waals surface area contributed by atoms with Crippen molar-refractivity contribution in [1.29, 1.82) is 0 Å². The number of nitrogens with one attached hydrogen (secondary N) is 1. The Balaban J connectivity index is 1.91. The van der Waals surface area contributed by atoms with Crippen LogP contribution in [0.25, 0.3) is 0 Å². The van der Waals surface area contributed by atoms with Crippen LogP contribution in [-0.4, -0.2) is 5.11 Å². The van der Waals surface area contributed by atoms with Crippen LogP contribution in [0.2, 0.25) is 5.02 Å². The Labute approximate surface area is 124 Å². The van der Waals surface area contributed by atoms with Gasteiger partial charge in [-0.3, -0.25) is 0 Å². The predicted molar refractivity (Wildman–Crippen MR) is 83.6 cm³/mol. The van der Waals surface area contributed by atoms with Crippen LogP contribution >= 0.6 is 11.6 Å². The lowest BCUT2D eigenvalue weighted by atomic mass is 9.87. The number of halogens is 1. The molecule has 1 aliphatic rings. The standard InChI is InChI=1S/C17H18ClNO/c1-11-9-13(18)6-8-16(11)19-17-4-2-3-12-5-7-14(20)10-15(12)17/h5-10,17,19-20H,2-4H2,1H3. The molecule has 2 nitrogen and oxygen atoms in total. The SMILES string of the molecule is Cc1cc(Cl)ccc1NC1CCCc2ccc(O)cc21. The van der Waals surface area contributed by atoms with E-state index < -0.39 is 0 Å². The van der Waals surface area contributed by atoms with Crippen molar-refractivity contribution in [2.45, 2.75) is 32.2 Å². The van der Waals surface area contributed by atoms with Crippen molar-refractivity contribution in [3.8, 4) is 5.75 Å². The maximum Gasteiger partial charge on any atom is 0.115 e. The van der Waals surface area contributed by atoms with Crippen LogP contribution < -0.4 is 5.32 Å². The summed E-state index contributed by atoms with van der Waals surface area (Å²) in [6, 6.07) is 11.8. The first-order valence-electron chi connectivity index (χ1n) is 6.98. The van der Waals surface area contributed by atoms with E-state index in [-0.39, 0.29) is 6.04 Å². The molecule has 2 aromatic carbocycles. The van der Waals surface area contributed by atoms with Gasteiger partial charge in [-0.2, -0.15) is 0 Å². The van der Waals surface area contributed by atoms with E-state index in [1.165, 1.54) is 17.5 Å². The summed E-state index contributed by atoms with van der Waals surface area (Å²) in [6.45, 7) is 2.06. The van der Waals surface area contributed by atoms with Gasteiger partial charge in [-0.25, -0.2) is 0 Å². The number of hydrogen-bond donors (Lipinski definition) is 2. The number of fused-ring (bicyclic) bond motifs is 1. The van der Waals surface area contributed by atoms with Crippen LogP contribution in [0.15, 0.2) is 36.4 Å². The molecule has 104 valence electrons. The molecule has 0 radical (unpaired) electrons. The highest BCUT2D eigenvalue weighted by Gasteiger charge is 2.20. The summed E-state index contributed by atoms with van der Waals surface area (Å²) in [5.41, 5.74) is 4.80. The second-order valence-corrected chi connectivity index (χ2v) is 5.87. The van der Waals surface area contributed by atoms with Gasteiger partial charge < -0.3 is 10.4 Å². The van der Waals surface area contributed by atoms with Gasteiger partial charge in [0.25, 0.3) is 0 Å². The Morgan fingerprint density at radius 3 is 2.85 bits per heavy atom. The van der Waals surface area contributed by atoms with Crippen LogP contribution in [0.5, 0.6) is 5.75 Å². The van der Waals surface area contributed by atoms with E-state index >= 15 is 0 Å². The third-order valence-corrected chi connectivity index (χ3v) is 4.20. The number of benzene rings is 2. The molecule has 1 unspecified atom stereocenters. The number of aryl methyl sites for hydroxylation is 2. The van der Waals surface area contributed by atoms with Gasteiger partial charge in [-0.05, 0) is 73.2 Å². The van der Waals surface area contributed by atoms with Crippen molar-refractivity contribution >= 4 is 17.3 Å². The molecule has 0 saturated carbocycles. The maximum atomic E-state index is 9.72. The fraction of sp³-hybridized carbons (Fsp3) is 0.294. The van der Waals surface area contributed by atoms with E-state index in [9.17, 15) is 5.11 Å². The molecule has 0 amide bonds. The van der Waals surface area contributed by atoms with Gasteiger partial charge in [0.05, 0.1) is 6.04 Å². The Kier molecular flexibility index (Phi) is 3.58. The van der Waals surface area contributed by atoms with Crippen molar-refractivity contribution in [3.63, 3.8) is 0 Å². The van der Waals surface area contributed by atoms with Crippen molar-refractivity contribution in [3.05, 3.63) is 58.1 Å². The zero-order valence-corrected chi connectivity index (χ0v) is 12.2. The highest BCUT2D eigenvalue weighted by molar-refractivity contribution is 6.30. The highest BCUT2D eigenvalue weighted by atomic mass is 35.5. The van der Waals surface area contributed by atoms with E-state index in [1.54, 1.807) is 6.07 Å². The van der Waals surface area contributed by atoms with Gasteiger partial charge in [-0.15, -0.1) is 0 Å². The molecule has 0 fully saturated rings. The van der Waals surface area contributed by atoms with Gasteiger partial charge in [0.1, 0.15) is 5.75 Å². The van der Waals surface area contributed by atoms with Crippen LogP contribution in [0, 0.1) is 6.92 Å². The van der Waals surface area contributed by atoms with Gasteiger partial charge in [0, 0.05) is 10.7 Å². The van der Waals surface area contributed by atoms with Crippen LogP contribution in [-0.2, 0) is 6.42 Å². The maximum absolute atomic E-state index is 9.72. The predicted octanol–water partition coefficient (Wildman–Crippen LogP) is 4.84. The summed E-state index contributed by atoms with van der Waals surface area (Å²) in [7, 11) is 0. The molecular formula is C17H18ClNO. The molecule has 0 bridgehead atoms. The molecule has 0 aliphatic heterocycles. The number of anilines is 1. The minimum atomic E-state index is 0.255. The van der Waals surface area contributed by atoms with E-state index in [0.717, 1.165) is 29.1 Å². The topological polar surface area (TPSA) is 32.3 Å². The van der Waals surface area contributed by atoms with Gasteiger partial charge in [0.15, 0.2) is 0 Å². The molecule has 0 aromatic heterocycles. The molecule has 3 heteroatoms. The van der Waals surface area contributed by atoms with Gasteiger partial charge >= 0.3 is 0 Å². The number of aromatic hydroxyl groups is 1. The molecule has 1 atom stereocenters. The second-order valence-electron chi connectivity index (χ2n) is 5.43. The number of phenolic OH excluding ortho intramolecular Hbond substituents is 1. The van der Waals surface area contributed by atoms with Crippen LogP contribution in [0.1, 0.15) is 35.6 Å². The van der Waals surface area contributed by atoms with E-state index in [4.69, 9.17) is 11.6 Å². The quantitative estimate of drug-likeness (QED) is 0.828. The van der Waals surface area contributed by atoms with Crippen molar-refractivity contribution in [2.24, 2.45) is 0 Å². The summed E-state index contributed by atoms with van der Waals surface area (Å²) in [5, 5.41) is 14.1. The Morgan fingerprint density at radius 2 is 2.05 bits per heavy atom. The lowest BCUT2D eigenvalue weighted by Gasteiger charge is -2.28. The smallest absolute Gasteiger partial charge is 0.115 e. The monoisotopic (exact) mass is 287 g/mol. The molecule has 1 aliphatic carbocycles. The molecule has 2 aromatic rings. The Bertz CT molecular complexity index is 639. The molecule has 20 heavy (non-hydrogen) atoms. The van der Waals surface area contributed by atoms with Gasteiger partial charge in [0.2, 0.25) is 0 Å². The highest BCUT2D eigenvalue weighted by Crippen LogP contribution is 2.35. The first-order valence-corrected chi connectivity index (χ1v) is 7.36. The summed E-state index contributed by atoms with van der Waals surface area (Å²) in [4.78, 5) is 0. The zero-order chi connectivity index (χ0) is 14.1. The first kappa shape index (κ1) is 13.3. The minimum absolute atomic E-state index is 0.255. The van der Waals surface area contributed by atoms with Crippen molar-refractivity contribution in [2.75, 3.05) is 5.32 Å². The minimum Gasteiger partial charge on any atom is -0.508 e. The Hall–Kier alpha value is -1.67. The van der Waals surface area contributed by atoms with Crippen molar-refractivity contribution in [1.82, 2.24) is 0 Å². The summed E-state index contributed by atoms with van der Waals surface area (Å²) in [5.74, 6) is 0.338. The number of phenols is 1. The average Bonchev–Trinajstić information content (AvgIpc) is 2.42. The third-order valence-electron chi connectivity index (χ3n) is 3.96. The fourth-order valence-corrected chi connectivity index (χ4v) is 3.14. The Morgan fingerprint density at radius 1 is 1.20 bits per heavy atom. The average molecular weight is 288 g/mol. The van der Waals surface area contributed by atoms with E-state index in [2.05, 4.69) is 12.2 Å². The third kappa shape index (κ3) is 2.61. The summed E-state index contributed by atoms with van der Waals surface area (Å²) in [6.07, 6.45) is 3.34. The zero-order valence-electron chi connectivity index (χ0n) is 11.5. The largest absolute Gasteiger partial charge is 0.508 e. The van der Waals surface area contributed by atoms with Crippen LogP contribution in [0.3, 0.4) is 0 Å². The first-order chi connectivity index (χ1) is 9.63. The molecule has 0 saturated heterocycles. The van der Waals surface area contributed by atoms with Crippen LogP contribution in [0.4, 0.5) is 5.69 Å². The number of hydrogen-bond acceptors (Lipinski definition) is 2. The number of rotatable bonds is 2. The lowest BCUT2D eigenvalue weighted by Crippen LogP contribution is -2.17. The fourth-order valence-electron chi connectivity index (χ4n) is 2.91.